The molecular weight excluding hydrogens is 128 g/mol. The quantitative estimate of drug-likeness (QED) is 0.256. The van der Waals surface area contributed by atoms with Crippen molar-refractivity contribution in [1.29, 1.82) is 0 Å². The lowest BCUT2D eigenvalue weighted by molar-refractivity contribution is -0.104. The molecule has 0 N–H and O–H groups in total. The molecule has 1 fully saturated rings. The van der Waals surface area contributed by atoms with Crippen LogP contribution in [0.4, 0.5) is 0 Å². The van der Waals surface area contributed by atoms with Gasteiger partial charge in [0, 0.05) is 0 Å². The van der Waals surface area contributed by atoms with E-state index in [1.807, 2.05) is 6.08 Å². The maximum atomic E-state index is 9.06. The van der Waals surface area contributed by atoms with Gasteiger partial charge >= 0.3 is 0 Å². The van der Waals surface area contributed by atoms with E-state index in [0.29, 0.717) is 12.4 Å². The molecule has 0 aliphatic carbocycles. The Labute approximate surface area is 61.2 Å². The third-order valence-corrected chi connectivity index (χ3v) is 0.928. The fourth-order valence-corrected chi connectivity index (χ4v) is 0.390. The van der Waals surface area contributed by atoms with E-state index in [4.69, 9.17) is 9.53 Å². The van der Waals surface area contributed by atoms with Crippen molar-refractivity contribution in [2.45, 2.75) is 12.5 Å². The van der Waals surface area contributed by atoms with Crippen LogP contribution in [0.3, 0.4) is 0 Å². The van der Waals surface area contributed by atoms with Crippen LogP contribution in [0.5, 0.6) is 0 Å². The van der Waals surface area contributed by atoms with Crippen molar-refractivity contribution in [1.82, 2.24) is 0 Å². The standard InChI is InChI=1S/C5H8O.C3H4O/c1-2-3-5-4-6-5;1-2-3-4/h2,5H,1,3-4H2;2-3H,1H2. The summed E-state index contributed by atoms with van der Waals surface area (Å²) in [6.07, 6.45) is 5.28. The number of allylic oxidation sites excluding steroid dienone is 1. The van der Waals surface area contributed by atoms with Gasteiger partial charge in [0.1, 0.15) is 6.29 Å². The Balaban J connectivity index is 0.000000180. The highest BCUT2D eigenvalue weighted by Crippen LogP contribution is 2.12. The zero-order valence-corrected chi connectivity index (χ0v) is 5.95. The molecule has 56 valence electrons. The van der Waals surface area contributed by atoms with Crippen molar-refractivity contribution < 1.29 is 9.53 Å². The molecule has 1 rings (SSSR count). The number of epoxide rings is 1. The number of hydrogen-bond donors (Lipinski definition) is 0. The van der Waals surface area contributed by atoms with Crippen LogP contribution in [0, 0.1) is 0 Å². The van der Waals surface area contributed by atoms with Crippen LogP contribution in [-0.4, -0.2) is 19.0 Å². The second-order valence-corrected chi connectivity index (χ2v) is 1.85. The lowest BCUT2D eigenvalue weighted by Crippen LogP contribution is -1.75. The fourth-order valence-electron chi connectivity index (χ4n) is 0.390. The molecule has 0 aromatic carbocycles. The minimum absolute atomic E-state index is 0.530. The van der Waals surface area contributed by atoms with Crippen LogP contribution >= 0.6 is 0 Å². The molecule has 1 aliphatic heterocycles. The molecule has 2 nitrogen and oxygen atoms in total. The van der Waals surface area contributed by atoms with Crippen LogP contribution in [0.2, 0.25) is 0 Å². The van der Waals surface area contributed by atoms with Crippen molar-refractivity contribution in [3.8, 4) is 0 Å². The molecule has 1 saturated heterocycles. The first-order chi connectivity index (χ1) is 4.85. The molecule has 0 amide bonds. The largest absolute Gasteiger partial charge is 0.373 e. The summed E-state index contributed by atoms with van der Waals surface area (Å²) in [6.45, 7) is 7.62. The van der Waals surface area contributed by atoms with Gasteiger partial charge in [0.2, 0.25) is 0 Å². The molecule has 1 aliphatic rings. The summed E-state index contributed by atoms with van der Waals surface area (Å²) in [6, 6.07) is 0. The molecule has 0 bridgehead atoms. The topological polar surface area (TPSA) is 29.6 Å². The molecule has 0 radical (unpaired) electrons. The maximum Gasteiger partial charge on any atom is 0.142 e. The van der Waals surface area contributed by atoms with E-state index >= 15 is 0 Å². The van der Waals surface area contributed by atoms with Crippen LogP contribution in [-0.2, 0) is 9.53 Å². The molecule has 0 aromatic rings. The first-order valence-corrected chi connectivity index (χ1v) is 3.13. The third-order valence-electron chi connectivity index (χ3n) is 0.928. The molecular formula is C8H12O2. The number of ether oxygens (including phenoxy) is 1. The van der Waals surface area contributed by atoms with Crippen molar-refractivity contribution in [2.24, 2.45) is 0 Å². The Morgan fingerprint density at radius 2 is 2.10 bits per heavy atom. The summed E-state index contributed by atoms with van der Waals surface area (Å²) in [5, 5.41) is 0. The van der Waals surface area contributed by atoms with Crippen LogP contribution in [0.25, 0.3) is 0 Å². The second-order valence-electron chi connectivity index (χ2n) is 1.85. The summed E-state index contributed by atoms with van der Waals surface area (Å²) in [5.41, 5.74) is 0. The Kier molecular flexibility index (Phi) is 5.68. The van der Waals surface area contributed by atoms with Crippen molar-refractivity contribution >= 4 is 6.29 Å². The fraction of sp³-hybridized carbons (Fsp3) is 0.375. The third kappa shape index (κ3) is 7.11. The molecule has 0 aromatic heterocycles. The predicted octanol–water partition coefficient (Wildman–Crippen LogP) is 1.33. The summed E-state index contributed by atoms with van der Waals surface area (Å²) in [7, 11) is 0. The van der Waals surface area contributed by atoms with Gasteiger partial charge in [0.15, 0.2) is 0 Å². The van der Waals surface area contributed by atoms with Crippen molar-refractivity contribution in [3.05, 3.63) is 25.3 Å². The van der Waals surface area contributed by atoms with Gasteiger partial charge in [-0.15, -0.1) is 6.58 Å². The Bertz CT molecular complexity index is 108. The Morgan fingerprint density at radius 1 is 1.60 bits per heavy atom. The van der Waals surface area contributed by atoms with Crippen molar-refractivity contribution in [3.63, 3.8) is 0 Å². The zero-order valence-electron chi connectivity index (χ0n) is 5.95. The smallest absolute Gasteiger partial charge is 0.142 e. The molecule has 0 saturated carbocycles. The van der Waals surface area contributed by atoms with Crippen LogP contribution in [0.1, 0.15) is 6.42 Å². The number of hydrogen-bond acceptors (Lipinski definition) is 2. The van der Waals surface area contributed by atoms with E-state index in [0.717, 1.165) is 13.0 Å². The van der Waals surface area contributed by atoms with Crippen molar-refractivity contribution in [2.75, 3.05) is 6.61 Å². The lowest BCUT2D eigenvalue weighted by Gasteiger charge is -1.73. The first-order valence-electron chi connectivity index (χ1n) is 3.13. The minimum Gasteiger partial charge on any atom is -0.373 e. The van der Waals surface area contributed by atoms with E-state index in [1.165, 1.54) is 6.08 Å². The normalized spacial score (nSPS) is 19.8. The lowest BCUT2D eigenvalue weighted by atomic mass is 10.3. The SMILES string of the molecule is C=CC=O.C=CCC1CO1. The number of carbonyl (C=O) groups is 1. The average molecular weight is 140 g/mol. The van der Waals surface area contributed by atoms with E-state index in [-0.39, 0.29) is 0 Å². The van der Waals surface area contributed by atoms with Gasteiger partial charge in [0.05, 0.1) is 12.7 Å². The highest BCUT2D eigenvalue weighted by molar-refractivity contribution is 5.63. The zero-order chi connectivity index (χ0) is 7.82. The number of carbonyl (C=O) groups excluding carboxylic acids is 1. The van der Waals surface area contributed by atoms with E-state index in [1.54, 1.807) is 0 Å². The average Bonchev–Trinajstić information content (AvgIpc) is 2.74. The minimum atomic E-state index is 0.530. The summed E-state index contributed by atoms with van der Waals surface area (Å²) < 4.78 is 4.88. The molecule has 0 spiro atoms. The molecule has 1 unspecified atom stereocenters. The first kappa shape index (κ1) is 9.11. The predicted molar refractivity (Wildman–Crippen MR) is 40.8 cm³/mol. The highest BCUT2D eigenvalue weighted by atomic mass is 16.6. The molecule has 2 heteroatoms. The van der Waals surface area contributed by atoms with E-state index in [9.17, 15) is 0 Å². The van der Waals surface area contributed by atoms with Crippen LogP contribution in [0.15, 0.2) is 25.3 Å². The Morgan fingerprint density at radius 3 is 2.20 bits per heavy atom. The molecule has 10 heavy (non-hydrogen) atoms. The van der Waals surface area contributed by atoms with E-state index < -0.39 is 0 Å². The van der Waals surface area contributed by atoms with Gasteiger partial charge in [-0.1, -0.05) is 12.7 Å². The second kappa shape index (κ2) is 6.23. The van der Waals surface area contributed by atoms with Crippen LogP contribution < -0.4 is 0 Å². The highest BCUT2D eigenvalue weighted by Gasteiger charge is 2.19. The van der Waals surface area contributed by atoms with Gasteiger partial charge in [-0.3, -0.25) is 4.79 Å². The van der Waals surface area contributed by atoms with Gasteiger partial charge in [-0.05, 0) is 12.5 Å². The monoisotopic (exact) mass is 140 g/mol. The summed E-state index contributed by atoms with van der Waals surface area (Å²) in [5.74, 6) is 0. The van der Waals surface area contributed by atoms with E-state index in [2.05, 4.69) is 13.2 Å². The Hall–Kier alpha value is -0.890. The maximum absolute atomic E-state index is 9.06. The number of aldehydes is 1. The van der Waals surface area contributed by atoms with Gasteiger partial charge in [-0.2, -0.15) is 0 Å². The molecule has 1 heterocycles. The van der Waals surface area contributed by atoms with Gasteiger partial charge in [0.25, 0.3) is 0 Å². The van der Waals surface area contributed by atoms with Gasteiger partial charge in [-0.25, -0.2) is 0 Å². The molecule has 1 atom stereocenters. The number of rotatable bonds is 3. The van der Waals surface area contributed by atoms with Gasteiger partial charge < -0.3 is 4.74 Å². The summed E-state index contributed by atoms with van der Waals surface area (Å²) in [4.78, 5) is 9.06. The summed E-state index contributed by atoms with van der Waals surface area (Å²) >= 11 is 0.